The Labute approximate surface area is 131 Å². The molecule has 1 aromatic carbocycles. The van der Waals surface area contributed by atoms with Crippen LogP contribution in [0.25, 0.3) is 0 Å². The first-order valence-electron chi connectivity index (χ1n) is 7.84. The molecule has 2 rings (SSSR count). The zero-order valence-electron chi connectivity index (χ0n) is 13.6. The van der Waals surface area contributed by atoms with E-state index in [0.717, 1.165) is 25.1 Å². The SMILES string of the molecule is CC(NC(=O)C(C)N1CCC(C)(CN)C1)c1ccc(F)cc1. The van der Waals surface area contributed by atoms with Crippen molar-refractivity contribution in [3.63, 3.8) is 0 Å². The molecule has 0 spiro atoms. The zero-order chi connectivity index (χ0) is 16.3. The monoisotopic (exact) mass is 307 g/mol. The van der Waals surface area contributed by atoms with E-state index in [4.69, 9.17) is 5.73 Å². The van der Waals surface area contributed by atoms with Gasteiger partial charge in [0.25, 0.3) is 0 Å². The van der Waals surface area contributed by atoms with Gasteiger partial charge in [0.2, 0.25) is 5.91 Å². The van der Waals surface area contributed by atoms with Crippen LogP contribution in [0.4, 0.5) is 4.39 Å². The van der Waals surface area contributed by atoms with Gasteiger partial charge < -0.3 is 11.1 Å². The number of halogens is 1. The lowest BCUT2D eigenvalue weighted by Crippen LogP contribution is -2.45. The molecular weight excluding hydrogens is 281 g/mol. The highest BCUT2D eigenvalue weighted by Gasteiger charge is 2.36. The summed E-state index contributed by atoms with van der Waals surface area (Å²) in [6, 6.07) is 5.90. The molecule has 1 fully saturated rings. The van der Waals surface area contributed by atoms with Crippen molar-refractivity contribution < 1.29 is 9.18 Å². The molecule has 3 N–H and O–H groups in total. The molecular formula is C17H26FN3O. The number of nitrogens with two attached hydrogens (primary N) is 1. The van der Waals surface area contributed by atoms with Crippen LogP contribution in [-0.2, 0) is 4.79 Å². The molecule has 1 saturated heterocycles. The Balaban J connectivity index is 1.93. The average Bonchev–Trinajstić information content (AvgIpc) is 2.90. The Kier molecular flexibility index (Phi) is 5.19. The number of rotatable bonds is 5. The normalized spacial score (nSPS) is 25.0. The van der Waals surface area contributed by atoms with Crippen molar-refractivity contribution in [1.82, 2.24) is 10.2 Å². The first-order valence-corrected chi connectivity index (χ1v) is 7.84. The molecule has 1 amide bonds. The predicted molar refractivity (Wildman–Crippen MR) is 85.8 cm³/mol. The van der Waals surface area contributed by atoms with Crippen molar-refractivity contribution in [2.24, 2.45) is 11.1 Å². The van der Waals surface area contributed by atoms with E-state index in [1.165, 1.54) is 12.1 Å². The molecule has 5 heteroatoms. The molecule has 1 aromatic rings. The first kappa shape index (κ1) is 16.9. The summed E-state index contributed by atoms with van der Waals surface area (Å²) < 4.78 is 12.9. The zero-order valence-corrected chi connectivity index (χ0v) is 13.6. The number of amides is 1. The fourth-order valence-electron chi connectivity index (χ4n) is 2.89. The van der Waals surface area contributed by atoms with E-state index >= 15 is 0 Å². The summed E-state index contributed by atoms with van der Waals surface area (Å²) >= 11 is 0. The third-order valence-electron chi connectivity index (χ3n) is 4.74. The highest BCUT2D eigenvalue weighted by atomic mass is 19.1. The van der Waals surface area contributed by atoms with E-state index in [-0.39, 0.29) is 29.2 Å². The highest BCUT2D eigenvalue weighted by Crippen LogP contribution is 2.29. The standard InChI is InChI=1S/C17H26FN3O/c1-12(14-4-6-15(18)7-5-14)20-16(22)13(2)21-9-8-17(3,10-19)11-21/h4-7,12-13H,8-11,19H2,1-3H3,(H,20,22). The highest BCUT2D eigenvalue weighted by molar-refractivity contribution is 5.81. The van der Waals surface area contributed by atoms with Crippen LogP contribution in [0.3, 0.4) is 0 Å². The minimum absolute atomic E-state index is 0.00176. The maximum atomic E-state index is 12.9. The lowest BCUT2D eigenvalue weighted by molar-refractivity contribution is -0.126. The number of carbonyl (C=O) groups excluding carboxylic acids is 1. The van der Waals surface area contributed by atoms with Gasteiger partial charge in [0.15, 0.2) is 0 Å². The molecule has 1 heterocycles. The van der Waals surface area contributed by atoms with Crippen LogP contribution in [0.5, 0.6) is 0 Å². The molecule has 0 saturated carbocycles. The number of nitrogens with zero attached hydrogens (tertiary/aromatic N) is 1. The van der Waals surface area contributed by atoms with Crippen LogP contribution in [0, 0.1) is 11.2 Å². The summed E-state index contributed by atoms with van der Waals surface area (Å²) in [6.45, 7) is 8.39. The van der Waals surface area contributed by atoms with Gasteiger partial charge in [0, 0.05) is 6.54 Å². The Morgan fingerprint density at radius 2 is 2.05 bits per heavy atom. The molecule has 0 aliphatic carbocycles. The Morgan fingerprint density at radius 3 is 2.59 bits per heavy atom. The summed E-state index contributed by atoms with van der Waals surface area (Å²) in [6.07, 6.45) is 1.02. The number of likely N-dealkylation sites (tertiary alicyclic amines) is 1. The fraction of sp³-hybridized carbons (Fsp3) is 0.588. The van der Waals surface area contributed by atoms with Gasteiger partial charge in [-0.1, -0.05) is 19.1 Å². The number of hydrogen-bond acceptors (Lipinski definition) is 3. The Morgan fingerprint density at radius 1 is 1.41 bits per heavy atom. The molecule has 3 atom stereocenters. The number of hydrogen-bond donors (Lipinski definition) is 2. The predicted octanol–water partition coefficient (Wildman–Crippen LogP) is 2.06. The molecule has 1 aliphatic rings. The summed E-state index contributed by atoms with van der Waals surface area (Å²) in [7, 11) is 0. The second kappa shape index (κ2) is 6.75. The molecule has 3 unspecified atom stereocenters. The summed E-state index contributed by atoms with van der Waals surface area (Å²) in [5.41, 5.74) is 6.82. The van der Waals surface area contributed by atoms with Crippen LogP contribution >= 0.6 is 0 Å². The Hall–Kier alpha value is -1.46. The van der Waals surface area contributed by atoms with Crippen LogP contribution in [0.1, 0.15) is 38.8 Å². The van der Waals surface area contributed by atoms with Gasteiger partial charge in [-0.25, -0.2) is 4.39 Å². The number of benzene rings is 1. The van der Waals surface area contributed by atoms with Crippen LogP contribution in [0.15, 0.2) is 24.3 Å². The van der Waals surface area contributed by atoms with Gasteiger partial charge in [-0.3, -0.25) is 9.69 Å². The number of nitrogens with one attached hydrogen (secondary N) is 1. The first-order chi connectivity index (χ1) is 10.3. The molecule has 22 heavy (non-hydrogen) atoms. The topological polar surface area (TPSA) is 58.4 Å². The quantitative estimate of drug-likeness (QED) is 0.875. The second-order valence-corrected chi connectivity index (χ2v) is 6.69. The molecule has 0 aromatic heterocycles. The summed E-state index contributed by atoms with van der Waals surface area (Å²) in [5, 5.41) is 3.00. The molecule has 0 bridgehead atoms. The van der Waals surface area contributed by atoms with Crippen molar-refractivity contribution >= 4 is 5.91 Å². The summed E-state index contributed by atoms with van der Waals surface area (Å²) in [5.74, 6) is -0.271. The van der Waals surface area contributed by atoms with Gasteiger partial charge in [-0.05, 0) is 56.5 Å². The van der Waals surface area contributed by atoms with Gasteiger partial charge >= 0.3 is 0 Å². The third-order valence-corrected chi connectivity index (χ3v) is 4.74. The summed E-state index contributed by atoms with van der Waals surface area (Å²) in [4.78, 5) is 14.6. The van der Waals surface area contributed by atoms with E-state index in [9.17, 15) is 9.18 Å². The largest absolute Gasteiger partial charge is 0.348 e. The number of carbonyl (C=O) groups is 1. The van der Waals surface area contributed by atoms with Crippen molar-refractivity contribution in [3.05, 3.63) is 35.6 Å². The smallest absolute Gasteiger partial charge is 0.237 e. The van der Waals surface area contributed by atoms with E-state index < -0.39 is 0 Å². The van der Waals surface area contributed by atoms with Crippen molar-refractivity contribution in [2.45, 2.75) is 39.3 Å². The lowest BCUT2D eigenvalue weighted by Gasteiger charge is -2.27. The maximum Gasteiger partial charge on any atom is 0.237 e. The van der Waals surface area contributed by atoms with E-state index in [1.54, 1.807) is 12.1 Å². The Bertz CT molecular complexity index is 519. The minimum Gasteiger partial charge on any atom is -0.348 e. The molecule has 1 aliphatic heterocycles. The third kappa shape index (κ3) is 3.84. The van der Waals surface area contributed by atoms with Crippen LogP contribution < -0.4 is 11.1 Å². The van der Waals surface area contributed by atoms with Crippen molar-refractivity contribution in [3.8, 4) is 0 Å². The lowest BCUT2D eigenvalue weighted by atomic mass is 9.90. The second-order valence-electron chi connectivity index (χ2n) is 6.69. The van der Waals surface area contributed by atoms with E-state index in [2.05, 4.69) is 17.1 Å². The van der Waals surface area contributed by atoms with Gasteiger partial charge in [0.05, 0.1) is 12.1 Å². The molecule has 0 radical (unpaired) electrons. The minimum atomic E-state index is -0.270. The van der Waals surface area contributed by atoms with Crippen LogP contribution in [-0.4, -0.2) is 36.5 Å². The maximum absolute atomic E-state index is 12.9. The van der Waals surface area contributed by atoms with Gasteiger partial charge in [0.1, 0.15) is 5.82 Å². The van der Waals surface area contributed by atoms with E-state index in [1.807, 2.05) is 13.8 Å². The van der Waals surface area contributed by atoms with Crippen molar-refractivity contribution in [2.75, 3.05) is 19.6 Å². The molecule has 122 valence electrons. The molecule has 4 nitrogen and oxygen atoms in total. The van der Waals surface area contributed by atoms with Gasteiger partial charge in [-0.15, -0.1) is 0 Å². The van der Waals surface area contributed by atoms with E-state index in [0.29, 0.717) is 6.54 Å². The average molecular weight is 307 g/mol. The fourth-order valence-corrected chi connectivity index (χ4v) is 2.89. The van der Waals surface area contributed by atoms with Crippen LogP contribution in [0.2, 0.25) is 0 Å². The van der Waals surface area contributed by atoms with Crippen molar-refractivity contribution in [1.29, 1.82) is 0 Å². The van der Waals surface area contributed by atoms with Gasteiger partial charge in [-0.2, -0.15) is 0 Å².